The van der Waals surface area contributed by atoms with Gasteiger partial charge in [0.25, 0.3) is 0 Å². The maximum absolute atomic E-state index is 4.26. The molecule has 0 radical (unpaired) electrons. The second-order valence-electron chi connectivity index (χ2n) is 0. The summed E-state index contributed by atoms with van der Waals surface area (Å²) in [6.45, 7) is 0. The van der Waals surface area contributed by atoms with E-state index in [2.05, 4.69) is 24.8 Å². The first kappa shape index (κ1) is 17.4. The minimum absolute atomic E-state index is 0. The van der Waals surface area contributed by atoms with Gasteiger partial charge in [-0.3, -0.25) is 0 Å². The molecule has 0 rings (SSSR count). The van der Waals surface area contributed by atoms with Gasteiger partial charge in [0.05, 0.1) is 0 Å². The molecule has 0 amide bonds. The van der Waals surface area contributed by atoms with Gasteiger partial charge in [-0.1, -0.05) is 0 Å². The first-order valence-electron chi connectivity index (χ1n) is 0.120. The van der Waals surface area contributed by atoms with Crippen LogP contribution in [0, 0.1) is 0 Å². The molecule has 0 N–H and O–H groups in total. The Balaban J connectivity index is -0.00000000500. The molecule has 33 valence electrons. The Bertz CT molecular complexity index is 6.00. The molecule has 0 saturated heterocycles. The summed E-state index contributed by atoms with van der Waals surface area (Å²) in [5, 5.41) is 0. The second kappa shape index (κ2) is 22.8. The summed E-state index contributed by atoms with van der Waals surface area (Å²) in [5.74, 6) is 0. The van der Waals surface area contributed by atoms with E-state index in [1.165, 1.54) is 0 Å². The third-order valence-electron chi connectivity index (χ3n) is 0. The van der Waals surface area contributed by atoms with E-state index in [1.807, 2.05) is 0 Å². The van der Waals surface area contributed by atoms with Crippen LogP contribution >= 0.6 is 30.0 Å². The fraction of sp³-hybridized carbons (Fsp3) is 0. The third kappa shape index (κ3) is 9.43. The molecule has 0 aromatic rings. The van der Waals surface area contributed by atoms with Crippen LogP contribution in [0.4, 0.5) is 0 Å². The van der Waals surface area contributed by atoms with Gasteiger partial charge >= 0.3 is 24.8 Å². The summed E-state index contributed by atoms with van der Waals surface area (Å²) in [5.41, 5.74) is 0. The molecule has 0 aliphatic rings. The van der Waals surface area contributed by atoms with Crippen molar-refractivity contribution >= 4 is 30.0 Å². The van der Waals surface area contributed by atoms with Gasteiger partial charge in [0.2, 0.25) is 0 Å². The van der Waals surface area contributed by atoms with Crippen molar-refractivity contribution in [3.05, 3.63) is 0 Å². The summed E-state index contributed by atoms with van der Waals surface area (Å²) in [7, 11) is 4.26. The van der Waals surface area contributed by atoms with Crippen LogP contribution in [0.2, 0.25) is 0 Å². The molecule has 0 aromatic heterocycles. The summed E-state index contributed by atoms with van der Waals surface area (Å²) in [6.07, 6.45) is 0. The zero-order valence-electron chi connectivity index (χ0n) is 2.11. The van der Waals surface area contributed by atoms with E-state index in [9.17, 15) is 0 Å². The van der Waals surface area contributed by atoms with E-state index >= 15 is 0 Å². The van der Waals surface area contributed by atoms with Gasteiger partial charge in [-0.05, 0) is 0 Å². The molecule has 0 aliphatic heterocycles. The van der Waals surface area contributed by atoms with E-state index in [0.29, 0.717) is 0 Å². The van der Waals surface area contributed by atoms with Crippen molar-refractivity contribution in [3.8, 4) is 0 Å². The summed E-state index contributed by atoms with van der Waals surface area (Å²) in [6, 6.07) is 0. The number of hydrogen-bond acceptors (Lipinski definition) is 0. The Hall–Kier alpha value is 1.64. The van der Waals surface area contributed by atoms with Gasteiger partial charge < -0.3 is 0 Å². The molecule has 0 nitrogen and oxygen atoms in total. The van der Waals surface area contributed by atoms with E-state index in [-0.39, 0.29) is 19.8 Å². The van der Waals surface area contributed by atoms with Crippen LogP contribution in [-0.2, 0) is 14.6 Å². The molecule has 0 saturated carbocycles. The standard InChI is InChI=1S/ClH.Ni.2H3P/h1H;;2*1H3/q;+1;;/p-1. The summed E-state index contributed by atoms with van der Waals surface area (Å²) >= 11 is 3.35. The van der Waals surface area contributed by atoms with E-state index in [1.54, 1.807) is 0 Å². The summed E-state index contributed by atoms with van der Waals surface area (Å²) < 4.78 is 0. The molecular weight excluding hydrogens is 156 g/mol. The average Bonchev–Trinajstić information content (AvgIpc) is 1.00. The molecule has 0 spiro atoms. The summed E-state index contributed by atoms with van der Waals surface area (Å²) in [4.78, 5) is 0. The van der Waals surface area contributed by atoms with Crippen molar-refractivity contribution in [1.29, 1.82) is 0 Å². The molecule has 0 aromatic carbocycles. The molecule has 0 fully saturated rings. The third-order valence-corrected chi connectivity index (χ3v) is 0. The quantitative estimate of drug-likeness (QED) is 0.365. The SMILES string of the molecule is P.P.[Cl][Ni]. The normalized spacial score (nSPS) is 1.75. The van der Waals surface area contributed by atoms with Crippen molar-refractivity contribution in [2.24, 2.45) is 0 Å². The Morgan fingerprint density at radius 1 is 1.00 bits per heavy atom. The fourth-order valence-electron chi connectivity index (χ4n) is 0. The van der Waals surface area contributed by atoms with Crippen LogP contribution in [-0.4, -0.2) is 0 Å². The number of rotatable bonds is 0. The molecule has 2 unspecified atom stereocenters. The molecule has 4 heteroatoms. The zero-order chi connectivity index (χ0) is 2.00. The Morgan fingerprint density at radius 2 is 1.00 bits per heavy atom. The number of hydrogen-bond donors (Lipinski definition) is 0. The van der Waals surface area contributed by atoms with Gasteiger partial charge in [-0.2, -0.15) is 19.8 Å². The van der Waals surface area contributed by atoms with Gasteiger partial charge in [-0.25, -0.2) is 0 Å². The molecule has 0 heterocycles. The Morgan fingerprint density at radius 3 is 1.00 bits per heavy atom. The van der Waals surface area contributed by atoms with E-state index in [0.717, 1.165) is 0 Å². The zero-order valence-corrected chi connectivity index (χ0v) is 6.68. The predicted molar refractivity (Wildman–Crippen MR) is 28.1 cm³/mol. The fourth-order valence-corrected chi connectivity index (χ4v) is 0. The molecule has 0 aliphatic carbocycles. The monoisotopic (exact) mass is 161 g/mol. The van der Waals surface area contributed by atoms with Crippen molar-refractivity contribution in [2.45, 2.75) is 0 Å². The maximum atomic E-state index is 4.26. The Kier molecular flexibility index (Phi) is 99.3. The molecule has 4 heavy (non-hydrogen) atoms. The van der Waals surface area contributed by atoms with Crippen LogP contribution < -0.4 is 0 Å². The second-order valence-corrected chi connectivity index (χ2v) is 0. The number of halogens is 1. The van der Waals surface area contributed by atoms with Crippen LogP contribution in [0.25, 0.3) is 0 Å². The molecule has 2 atom stereocenters. The van der Waals surface area contributed by atoms with Crippen LogP contribution in [0.15, 0.2) is 0 Å². The predicted octanol–water partition coefficient (Wildman–Crippen LogP) is 0.803. The molecule has 0 bridgehead atoms. The van der Waals surface area contributed by atoms with Crippen molar-refractivity contribution in [3.63, 3.8) is 0 Å². The van der Waals surface area contributed by atoms with Crippen LogP contribution in [0.1, 0.15) is 0 Å². The van der Waals surface area contributed by atoms with Crippen molar-refractivity contribution in [2.75, 3.05) is 0 Å². The first-order chi connectivity index (χ1) is 1.00. The Labute approximate surface area is 44.9 Å². The van der Waals surface area contributed by atoms with Crippen molar-refractivity contribution < 1.29 is 14.6 Å². The van der Waals surface area contributed by atoms with Gasteiger partial charge in [0.1, 0.15) is 0 Å². The van der Waals surface area contributed by atoms with Crippen LogP contribution in [0.3, 0.4) is 0 Å². The first-order valence-corrected chi connectivity index (χ1v) is 1.48. The minimum atomic E-state index is 0. The average molecular weight is 162 g/mol. The van der Waals surface area contributed by atoms with E-state index < -0.39 is 0 Å². The van der Waals surface area contributed by atoms with Gasteiger partial charge in [0.15, 0.2) is 0 Å². The van der Waals surface area contributed by atoms with Gasteiger partial charge in [0, 0.05) is 0 Å². The van der Waals surface area contributed by atoms with E-state index in [4.69, 9.17) is 0 Å². The topological polar surface area (TPSA) is 0 Å². The van der Waals surface area contributed by atoms with Crippen LogP contribution in [0.5, 0.6) is 0 Å². The van der Waals surface area contributed by atoms with Gasteiger partial charge in [-0.15, -0.1) is 0 Å². The molecular formula is H6ClNiP2. The van der Waals surface area contributed by atoms with Crippen molar-refractivity contribution in [1.82, 2.24) is 0 Å².